The van der Waals surface area contributed by atoms with Gasteiger partial charge >= 0.3 is 5.97 Å². The summed E-state index contributed by atoms with van der Waals surface area (Å²) in [5.41, 5.74) is 1.67. The van der Waals surface area contributed by atoms with Crippen LogP contribution in [0.1, 0.15) is 33.2 Å². The van der Waals surface area contributed by atoms with Crippen LogP contribution >= 0.6 is 0 Å². The van der Waals surface area contributed by atoms with Gasteiger partial charge in [0.15, 0.2) is 0 Å². The second-order valence-corrected chi connectivity index (χ2v) is 6.05. The molecule has 26 heavy (non-hydrogen) atoms. The first-order valence-corrected chi connectivity index (χ1v) is 8.25. The number of hydrogen-bond acceptors (Lipinski definition) is 5. The van der Waals surface area contributed by atoms with E-state index < -0.39 is 12.1 Å². The molecule has 134 valence electrons. The van der Waals surface area contributed by atoms with Crippen molar-refractivity contribution in [2.75, 3.05) is 13.7 Å². The number of hydrogen-bond donors (Lipinski definition) is 0. The van der Waals surface area contributed by atoms with Crippen LogP contribution in [0.5, 0.6) is 5.75 Å². The lowest BCUT2D eigenvalue weighted by Gasteiger charge is -2.22. The van der Waals surface area contributed by atoms with Crippen LogP contribution in [-0.2, 0) is 16.0 Å². The SMILES string of the molecule is COc1ccc(CC(CN2C(=O)c3ccccc3C2=O)OC(C)=O)cc1. The van der Waals surface area contributed by atoms with Gasteiger partial charge in [-0.25, -0.2) is 0 Å². The van der Waals surface area contributed by atoms with E-state index in [0.717, 1.165) is 16.2 Å². The quantitative estimate of drug-likeness (QED) is 0.589. The van der Waals surface area contributed by atoms with Crippen LogP contribution in [-0.4, -0.2) is 42.4 Å². The zero-order valence-electron chi connectivity index (χ0n) is 14.6. The lowest BCUT2D eigenvalue weighted by molar-refractivity contribution is -0.146. The number of imide groups is 1. The molecule has 2 aromatic carbocycles. The van der Waals surface area contributed by atoms with Crippen molar-refractivity contribution in [3.63, 3.8) is 0 Å². The van der Waals surface area contributed by atoms with Gasteiger partial charge in [0, 0.05) is 13.3 Å². The third-order valence-electron chi connectivity index (χ3n) is 4.22. The molecule has 2 amide bonds. The molecule has 6 nitrogen and oxygen atoms in total. The first kappa shape index (κ1) is 17.7. The lowest BCUT2D eigenvalue weighted by Crippen LogP contribution is -2.39. The van der Waals surface area contributed by atoms with Gasteiger partial charge in [0.1, 0.15) is 11.9 Å². The van der Waals surface area contributed by atoms with Crippen LogP contribution in [0, 0.1) is 0 Å². The average molecular weight is 353 g/mol. The Hall–Kier alpha value is -3.15. The van der Waals surface area contributed by atoms with E-state index in [2.05, 4.69) is 0 Å². The second-order valence-electron chi connectivity index (χ2n) is 6.05. The topological polar surface area (TPSA) is 72.9 Å². The summed E-state index contributed by atoms with van der Waals surface area (Å²) < 4.78 is 10.5. The summed E-state index contributed by atoms with van der Waals surface area (Å²) in [6.45, 7) is 1.32. The molecular weight excluding hydrogens is 334 g/mol. The van der Waals surface area contributed by atoms with Gasteiger partial charge in [-0.1, -0.05) is 24.3 Å². The Morgan fingerprint density at radius 2 is 1.58 bits per heavy atom. The minimum absolute atomic E-state index is 0.0119. The number of ether oxygens (including phenoxy) is 2. The Kier molecular flexibility index (Phi) is 5.02. The molecule has 3 rings (SSSR count). The third-order valence-corrected chi connectivity index (χ3v) is 4.22. The highest BCUT2D eigenvalue weighted by Crippen LogP contribution is 2.23. The molecule has 0 radical (unpaired) electrons. The van der Waals surface area contributed by atoms with Crippen molar-refractivity contribution in [1.82, 2.24) is 4.90 Å². The standard InChI is InChI=1S/C20H19NO5/c1-13(22)26-16(11-14-7-9-15(25-2)10-8-14)12-21-19(23)17-5-3-4-6-18(17)20(21)24/h3-10,16H,11-12H2,1-2H3. The molecular formula is C20H19NO5. The van der Waals surface area contributed by atoms with E-state index >= 15 is 0 Å². The smallest absolute Gasteiger partial charge is 0.302 e. The maximum absolute atomic E-state index is 12.5. The summed E-state index contributed by atoms with van der Waals surface area (Å²) in [5.74, 6) is -0.465. The van der Waals surface area contributed by atoms with Gasteiger partial charge < -0.3 is 9.47 Å². The van der Waals surface area contributed by atoms with Crippen molar-refractivity contribution >= 4 is 17.8 Å². The molecule has 2 aromatic rings. The van der Waals surface area contributed by atoms with Gasteiger partial charge in [0.05, 0.1) is 24.8 Å². The fourth-order valence-corrected chi connectivity index (χ4v) is 3.01. The molecule has 6 heteroatoms. The average Bonchev–Trinajstić information content (AvgIpc) is 2.87. The van der Waals surface area contributed by atoms with Crippen LogP contribution in [0.4, 0.5) is 0 Å². The first-order chi connectivity index (χ1) is 12.5. The summed E-state index contributed by atoms with van der Waals surface area (Å²) in [6, 6.07) is 14.0. The van der Waals surface area contributed by atoms with Crippen molar-refractivity contribution in [2.45, 2.75) is 19.4 Å². The predicted octanol–water partition coefficient (Wildman–Crippen LogP) is 2.47. The fraction of sp³-hybridized carbons (Fsp3) is 0.250. The maximum atomic E-state index is 12.5. The van der Waals surface area contributed by atoms with E-state index in [1.165, 1.54) is 6.92 Å². The van der Waals surface area contributed by atoms with Gasteiger partial charge in [-0.3, -0.25) is 19.3 Å². The Morgan fingerprint density at radius 1 is 1.00 bits per heavy atom. The highest BCUT2D eigenvalue weighted by molar-refractivity contribution is 6.21. The van der Waals surface area contributed by atoms with Gasteiger partial charge in [0.25, 0.3) is 11.8 Å². The summed E-state index contributed by atoms with van der Waals surface area (Å²) >= 11 is 0. The number of methoxy groups -OCH3 is 1. The molecule has 0 spiro atoms. The molecule has 1 unspecified atom stereocenters. The number of rotatable bonds is 6. The van der Waals surface area contributed by atoms with E-state index in [1.54, 1.807) is 31.4 Å². The van der Waals surface area contributed by atoms with Crippen LogP contribution in [0.25, 0.3) is 0 Å². The van der Waals surface area contributed by atoms with Crippen molar-refractivity contribution in [2.24, 2.45) is 0 Å². The van der Waals surface area contributed by atoms with Crippen molar-refractivity contribution in [3.05, 3.63) is 65.2 Å². The zero-order valence-corrected chi connectivity index (χ0v) is 14.6. The van der Waals surface area contributed by atoms with E-state index in [4.69, 9.17) is 9.47 Å². The maximum Gasteiger partial charge on any atom is 0.302 e. The lowest BCUT2D eigenvalue weighted by atomic mass is 10.1. The molecule has 0 fully saturated rings. The molecule has 1 heterocycles. The molecule has 1 atom stereocenters. The highest BCUT2D eigenvalue weighted by Gasteiger charge is 2.37. The Morgan fingerprint density at radius 3 is 2.08 bits per heavy atom. The van der Waals surface area contributed by atoms with Gasteiger partial charge in [0.2, 0.25) is 0 Å². The van der Waals surface area contributed by atoms with Gasteiger partial charge in [-0.2, -0.15) is 0 Å². The van der Waals surface area contributed by atoms with Gasteiger partial charge in [-0.05, 0) is 29.8 Å². The van der Waals surface area contributed by atoms with E-state index in [9.17, 15) is 14.4 Å². The molecule has 0 saturated heterocycles. The van der Waals surface area contributed by atoms with Crippen molar-refractivity contribution < 1.29 is 23.9 Å². The summed E-state index contributed by atoms with van der Waals surface area (Å²) in [4.78, 5) is 37.6. The second kappa shape index (κ2) is 7.39. The predicted molar refractivity (Wildman–Crippen MR) is 94.1 cm³/mol. The van der Waals surface area contributed by atoms with Crippen LogP contribution in [0.15, 0.2) is 48.5 Å². The number of nitrogens with zero attached hydrogens (tertiary/aromatic N) is 1. The fourth-order valence-electron chi connectivity index (χ4n) is 3.01. The number of fused-ring (bicyclic) bond motifs is 1. The Bertz CT molecular complexity index is 809. The van der Waals surface area contributed by atoms with E-state index in [1.807, 2.05) is 24.3 Å². The number of amides is 2. The van der Waals surface area contributed by atoms with E-state index in [-0.39, 0.29) is 18.4 Å². The summed E-state index contributed by atoms with van der Waals surface area (Å²) in [7, 11) is 1.58. The van der Waals surface area contributed by atoms with Crippen LogP contribution < -0.4 is 4.74 Å². The van der Waals surface area contributed by atoms with Crippen LogP contribution in [0.2, 0.25) is 0 Å². The Labute approximate surface area is 151 Å². The molecule has 0 aliphatic carbocycles. The highest BCUT2D eigenvalue weighted by atomic mass is 16.5. The normalized spacial score (nSPS) is 14.2. The number of esters is 1. The van der Waals surface area contributed by atoms with Crippen molar-refractivity contribution in [3.8, 4) is 5.75 Å². The zero-order chi connectivity index (χ0) is 18.7. The molecule has 1 aliphatic rings. The third kappa shape index (κ3) is 3.59. The molecule has 0 N–H and O–H groups in total. The minimum atomic E-state index is -0.622. The van der Waals surface area contributed by atoms with Crippen molar-refractivity contribution in [1.29, 1.82) is 0 Å². The first-order valence-electron chi connectivity index (χ1n) is 8.25. The minimum Gasteiger partial charge on any atom is -0.497 e. The number of carbonyl (C=O) groups is 3. The number of benzene rings is 2. The summed E-state index contributed by atoms with van der Waals surface area (Å²) in [6.07, 6.45) is -0.236. The molecule has 0 bridgehead atoms. The molecule has 1 aliphatic heterocycles. The van der Waals surface area contributed by atoms with Crippen LogP contribution in [0.3, 0.4) is 0 Å². The monoisotopic (exact) mass is 353 g/mol. The van der Waals surface area contributed by atoms with Gasteiger partial charge in [-0.15, -0.1) is 0 Å². The Balaban J connectivity index is 1.77. The summed E-state index contributed by atoms with van der Waals surface area (Å²) in [5, 5.41) is 0. The number of carbonyl (C=O) groups excluding carboxylic acids is 3. The largest absolute Gasteiger partial charge is 0.497 e. The molecule has 0 aromatic heterocycles. The van der Waals surface area contributed by atoms with E-state index in [0.29, 0.717) is 17.5 Å². The molecule has 0 saturated carbocycles.